The van der Waals surface area contributed by atoms with Crippen molar-refractivity contribution in [2.45, 2.75) is 17.7 Å². The predicted octanol–water partition coefficient (Wildman–Crippen LogP) is 1.41. The number of halogens is 1. The Labute approximate surface area is 90.8 Å². The van der Waals surface area contributed by atoms with E-state index < -0.39 is 0 Å². The van der Waals surface area contributed by atoms with Gasteiger partial charge >= 0.3 is 0 Å². The lowest BCUT2D eigenvalue weighted by Crippen LogP contribution is -2.40. The summed E-state index contributed by atoms with van der Waals surface area (Å²) in [6, 6.07) is 0. The summed E-state index contributed by atoms with van der Waals surface area (Å²) in [6.45, 7) is 1.65. The van der Waals surface area contributed by atoms with Gasteiger partial charge in [-0.2, -0.15) is 5.10 Å². The number of nitrogens with zero attached hydrogens (tertiary/aromatic N) is 2. The molecule has 4 nitrogen and oxygen atoms in total. The Morgan fingerprint density at radius 3 is 3.21 bits per heavy atom. The van der Waals surface area contributed by atoms with E-state index in [0.29, 0.717) is 10.4 Å². The molecular weight excluding hydrogens is 246 g/mol. The van der Waals surface area contributed by atoms with Crippen molar-refractivity contribution in [3.63, 3.8) is 0 Å². The average Bonchev–Trinajstić information content (AvgIpc) is 2.69. The van der Waals surface area contributed by atoms with E-state index in [1.165, 1.54) is 0 Å². The third-order valence-electron chi connectivity index (χ3n) is 2.40. The minimum absolute atomic E-state index is 0.0721. The Morgan fingerprint density at radius 1 is 1.71 bits per heavy atom. The van der Waals surface area contributed by atoms with Crippen LogP contribution in [0.25, 0.3) is 0 Å². The molecule has 1 saturated heterocycles. The largest absolute Gasteiger partial charge is 0.337 e. The van der Waals surface area contributed by atoms with Crippen molar-refractivity contribution in [3.05, 3.63) is 18.0 Å². The number of hydrogen-bond donors (Lipinski definition) is 1. The van der Waals surface area contributed by atoms with Crippen LogP contribution in [-0.4, -0.2) is 38.9 Å². The third kappa shape index (κ3) is 1.97. The van der Waals surface area contributed by atoms with Crippen LogP contribution >= 0.6 is 15.9 Å². The van der Waals surface area contributed by atoms with Crippen molar-refractivity contribution in [1.82, 2.24) is 15.1 Å². The molecule has 14 heavy (non-hydrogen) atoms. The van der Waals surface area contributed by atoms with Crippen LogP contribution in [0.4, 0.5) is 0 Å². The third-order valence-corrected chi connectivity index (χ3v) is 3.14. The number of piperidine rings is 1. The summed E-state index contributed by atoms with van der Waals surface area (Å²) in [5.41, 5.74) is 0.645. The van der Waals surface area contributed by atoms with Crippen LogP contribution in [0.15, 0.2) is 12.4 Å². The highest BCUT2D eigenvalue weighted by Crippen LogP contribution is 2.18. The zero-order chi connectivity index (χ0) is 9.97. The van der Waals surface area contributed by atoms with Crippen molar-refractivity contribution in [3.8, 4) is 0 Å². The van der Waals surface area contributed by atoms with Gasteiger partial charge in [0.25, 0.3) is 5.91 Å². The number of likely N-dealkylation sites (tertiary alicyclic amines) is 1. The van der Waals surface area contributed by atoms with E-state index >= 15 is 0 Å². The summed E-state index contributed by atoms with van der Waals surface area (Å²) in [7, 11) is 0. The number of H-pyrrole nitrogens is 1. The Balaban J connectivity index is 2.04. The van der Waals surface area contributed by atoms with E-state index in [-0.39, 0.29) is 5.91 Å². The molecule has 0 bridgehead atoms. The summed E-state index contributed by atoms with van der Waals surface area (Å²) in [6.07, 6.45) is 5.43. The zero-order valence-corrected chi connectivity index (χ0v) is 9.33. The smallest absolute Gasteiger partial charge is 0.257 e. The van der Waals surface area contributed by atoms with E-state index in [2.05, 4.69) is 26.1 Å². The summed E-state index contributed by atoms with van der Waals surface area (Å²) in [5.74, 6) is 0.0721. The molecule has 0 saturated carbocycles. The highest BCUT2D eigenvalue weighted by atomic mass is 79.9. The number of amides is 1. The van der Waals surface area contributed by atoms with Gasteiger partial charge in [0.15, 0.2) is 0 Å². The van der Waals surface area contributed by atoms with Gasteiger partial charge in [0.2, 0.25) is 0 Å². The molecule has 1 amide bonds. The Kier molecular flexibility index (Phi) is 2.86. The van der Waals surface area contributed by atoms with Crippen LogP contribution in [0.3, 0.4) is 0 Å². The van der Waals surface area contributed by atoms with Gasteiger partial charge in [0.1, 0.15) is 0 Å². The molecule has 5 heteroatoms. The van der Waals surface area contributed by atoms with E-state index in [4.69, 9.17) is 0 Å². The van der Waals surface area contributed by atoms with Gasteiger partial charge in [0, 0.05) is 24.1 Å². The van der Waals surface area contributed by atoms with E-state index in [9.17, 15) is 4.79 Å². The van der Waals surface area contributed by atoms with Gasteiger partial charge in [-0.1, -0.05) is 15.9 Å². The van der Waals surface area contributed by atoms with Gasteiger partial charge in [-0.25, -0.2) is 0 Å². The van der Waals surface area contributed by atoms with Crippen molar-refractivity contribution in [1.29, 1.82) is 0 Å². The molecule has 1 aliphatic rings. The molecule has 76 valence electrons. The number of hydrogen-bond acceptors (Lipinski definition) is 2. The predicted molar refractivity (Wildman–Crippen MR) is 56.4 cm³/mol. The minimum Gasteiger partial charge on any atom is -0.337 e. The lowest BCUT2D eigenvalue weighted by Gasteiger charge is -2.29. The maximum atomic E-state index is 11.9. The lowest BCUT2D eigenvalue weighted by molar-refractivity contribution is 0.0730. The van der Waals surface area contributed by atoms with Gasteiger partial charge in [-0.15, -0.1) is 0 Å². The fourth-order valence-corrected chi connectivity index (χ4v) is 2.33. The summed E-state index contributed by atoms with van der Waals surface area (Å²) < 4.78 is 0. The number of carbonyl (C=O) groups is 1. The van der Waals surface area contributed by atoms with Gasteiger partial charge < -0.3 is 4.90 Å². The molecule has 1 aliphatic heterocycles. The number of rotatable bonds is 1. The van der Waals surface area contributed by atoms with Crippen LogP contribution < -0.4 is 0 Å². The van der Waals surface area contributed by atoms with Crippen LogP contribution in [0, 0.1) is 0 Å². The Bertz CT molecular complexity index is 312. The van der Waals surface area contributed by atoms with E-state index in [0.717, 1.165) is 25.9 Å². The highest BCUT2D eigenvalue weighted by Gasteiger charge is 2.23. The molecule has 1 atom stereocenters. The summed E-state index contributed by atoms with van der Waals surface area (Å²) in [4.78, 5) is 14.2. The number of aromatic nitrogens is 2. The van der Waals surface area contributed by atoms with E-state index in [1.54, 1.807) is 12.4 Å². The van der Waals surface area contributed by atoms with Crippen molar-refractivity contribution in [2.24, 2.45) is 0 Å². The first-order valence-corrected chi connectivity index (χ1v) is 5.61. The Morgan fingerprint density at radius 2 is 2.57 bits per heavy atom. The van der Waals surface area contributed by atoms with Gasteiger partial charge in [-0.05, 0) is 12.8 Å². The molecule has 0 spiro atoms. The van der Waals surface area contributed by atoms with Crippen molar-refractivity contribution < 1.29 is 4.79 Å². The second-order valence-corrected chi connectivity index (χ2v) is 4.77. The van der Waals surface area contributed by atoms with Crippen LogP contribution in [0.1, 0.15) is 23.2 Å². The van der Waals surface area contributed by atoms with Crippen LogP contribution in [0.5, 0.6) is 0 Å². The second-order valence-electron chi connectivity index (χ2n) is 3.48. The topological polar surface area (TPSA) is 49.0 Å². The molecule has 2 heterocycles. The summed E-state index contributed by atoms with van der Waals surface area (Å²) in [5, 5.41) is 6.42. The zero-order valence-electron chi connectivity index (χ0n) is 7.74. The minimum atomic E-state index is 0.0721. The molecule has 1 aromatic rings. The average molecular weight is 258 g/mol. The second kappa shape index (κ2) is 4.13. The monoisotopic (exact) mass is 257 g/mol. The van der Waals surface area contributed by atoms with Crippen molar-refractivity contribution in [2.75, 3.05) is 13.1 Å². The van der Waals surface area contributed by atoms with E-state index in [1.807, 2.05) is 4.90 Å². The summed E-state index contributed by atoms with van der Waals surface area (Å²) >= 11 is 3.54. The van der Waals surface area contributed by atoms with Crippen LogP contribution in [0.2, 0.25) is 0 Å². The standard InChI is InChI=1S/C9H12BrN3O/c10-8-2-1-3-13(6-8)9(14)7-4-11-12-5-7/h4-5,8H,1-3,6H2,(H,11,12). The SMILES string of the molecule is O=C(c1cn[nH]c1)N1CCCC(Br)C1. The van der Waals surface area contributed by atoms with Crippen molar-refractivity contribution >= 4 is 21.8 Å². The Hall–Kier alpha value is -0.840. The normalized spacial score (nSPS) is 22.4. The molecule has 0 radical (unpaired) electrons. The fraction of sp³-hybridized carbons (Fsp3) is 0.556. The number of nitrogens with one attached hydrogen (secondary N) is 1. The maximum Gasteiger partial charge on any atom is 0.257 e. The molecule has 1 aromatic heterocycles. The molecule has 1 fully saturated rings. The highest BCUT2D eigenvalue weighted by molar-refractivity contribution is 9.09. The molecular formula is C9H12BrN3O. The van der Waals surface area contributed by atoms with Gasteiger partial charge in [-0.3, -0.25) is 9.89 Å². The first-order valence-electron chi connectivity index (χ1n) is 4.69. The maximum absolute atomic E-state index is 11.9. The molecule has 1 unspecified atom stereocenters. The first kappa shape index (κ1) is 9.71. The molecule has 0 aromatic carbocycles. The quantitative estimate of drug-likeness (QED) is 0.774. The number of aromatic amines is 1. The lowest BCUT2D eigenvalue weighted by atomic mass is 10.1. The number of alkyl halides is 1. The fourth-order valence-electron chi connectivity index (χ4n) is 1.66. The van der Waals surface area contributed by atoms with Gasteiger partial charge in [0.05, 0.1) is 11.8 Å². The first-order chi connectivity index (χ1) is 6.77. The van der Waals surface area contributed by atoms with Crippen LogP contribution in [-0.2, 0) is 0 Å². The molecule has 1 N–H and O–H groups in total. The number of carbonyl (C=O) groups excluding carboxylic acids is 1. The molecule has 0 aliphatic carbocycles. The molecule has 2 rings (SSSR count).